The summed E-state index contributed by atoms with van der Waals surface area (Å²) in [6.45, 7) is 0. The molecule has 212 valence electrons. The van der Waals surface area contributed by atoms with Crippen molar-refractivity contribution in [1.82, 2.24) is 15.0 Å². The normalized spacial score (nSPS) is 12.8. The second kappa shape index (κ2) is 11.5. The van der Waals surface area contributed by atoms with Crippen LogP contribution in [0.5, 0.6) is 0 Å². The lowest BCUT2D eigenvalue weighted by Gasteiger charge is -2.13. The molecule has 45 heavy (non-hydrogen) atoms. The van der Waals surface area contributed by atoms with E-state index in [1.54, 1.807) is 0 Å². The fourth-order valence-corrected chi connectivity index (χ4v) is 6.02. The largest absolute Gasteiger partial charge is 0.226 e. The van der Waals surface area contributed by atoms with Crippen molar-refractivity contribution in [1.29, 1.82) is 0 Å². The fourth-order valence-electron chi connectivity index (χ4n) is 5.86. The summed E-state index contributed by atoms with van der Waals surface area (Å²) in [4.78, 5) is 13.7. The Balaban J connectivity index is 1.17. The van der Waals surface area contributed by atoms with Crippen molar-refractivity contribution in [2.24, 2.45) is 0 Å². The Morgan fingerprint density at radius 1 is 0.422 bits per heavy atom. The van der Waals surface area contributed by atoms with Crippen molar-refractivity contribution in [3.8, 4) is 56.2 Å². The third-order valence-electron chi connectivity index (χ3n) is 7.98. The lowest BCUT2D eigenvalue weighted by Crippen LogP contribution is -1.97. The van der Waals surface area contributed by atoms with E-state index in [1.807, 2.05) is 84.9 Å². The Bertz CT molecular complexity index is 2590. The van der Waals surface area contributed by atoms with Crippen LogP contribution in [-0.4, -0.2) is 15.0 Å². The molecule has 7 aromatic carbocycles. The molecule has 1 heterocycles. The highest BCUT2D eigenvalue weighted by atomic mass is 35.5. The van der Waals surface area contributed by atoms with Crippen LogP contribution in [0.2, 0.25) is 5.28 Å². The van der Waals surface area contributed by atoms with E-state index in [1.165, 1.54) is 10.8 Å². The van der Waals surface area contributed by atoms with Crippen LogP contribution in [0.1, 0.15) is 6.85 Å². The molecule has 3 nitrogen and oxygen atoms in total. The second-order valence-corrected chi connectivity index (χ2v) is 11.0. The van der Waals surface area contributed by atoms with Gasteiger partial charge >= 0.3 is 0 Å². The van der Waals surface area contributed by atoms with Gasteiger partial charge in [0.05, 0.1) is 6.85 Å². The maximum absolute atomic E-state index is 8.56. The molecule has 0 spiro atoms. The minimum atomic E-state index is -0.416. The third-order valence-corrected chi connectivity index (χ3v) is 8.15. The maximum atomic E-state index is 8.56. The van der Waals surface area contributed by atoms with E-state index in [2.05, 4.69) is 52.4 Å². The summed E-state index contributed by atoms with van der Waals surface area (Å²) in [7, 11) is 0. The average Bonchev–Trinajstić information content (AvgIpc) is 3.16. The molecule has 0 atom stereocenters. The Morgan fingerprint density at radius 2 is 0.978 bits per heavy atom. The monoisotopic (exact) mass is 600 g/mol. The van der Waals surface area contributed by atoms with Crippen LogP contribution in [-0.2, 0) is 0 Å². The molecule has 0 saturated carbocycles. The zero-order valence-corrected chi connectivity index (χ0v) is 24.6. The summed E-state index contributed by atoms with van der Waals surface area (Å²) >= 11 is 6.48. The second-order valence-electron chi connectivity index (χ2n) is 10.6. The molecule has 8 rings (SSSR count). The number of nitrogens with zero attached hydrogens (tertiary/aromatic N) is 3. The molecule has 0 saturated heterocycles. The average molecular weight is 601 g/mol. The van der Waals surface area contributed by atoms with Crippen molar-refractivity contribution in [2.75, 3.05) is 0 Å². The topological polar surface area (TPSA) is 38.7 Å². The fraction of sp³-hybridized carbons (Fsp3) is 0. The SMILES string of the molecule is [2H]c1c([2H])c([2H])c(-c2ccc(-c3cccc(-c4nc(Cl)nc(-c5ccc(-c6cccc7ccccc67)cc5)n4)c3)c3ccccc23)c([2H])c1[2H]. The Kier molecular flexibility index (Phi) is 5.59. The lowest BCUT2D eigenvalue weighted by molar-refractivity contribution is 1.07. The van der Waals surface area contributed by atoms with Gasteiger partial charge in [-0.25, -0.2) is 4.98 Å². The first kappa shape index (κ1) is 22.0. The highest BCUT2D eigenvalue weighted by Gasteiger charge is 2.14. The first-order chi connectivity index (χ1) is 24.3. The molecule has 0 N–H and O–H groups in total. The van der Waals surface area contributed by atoms with Crippen molar-refractivity contribution >= 4 is 33.1 Å². The van der Waals surface area contributed by atoms with Crippen LogP contribution >= 0.6 is 11.6 Å². The van der Waals surface area contributed by atoms with Crippen LogP contribution in [0.3, 0.4) is 0 Å². The minimum Gasteiger partial charge on any atom is -0.208 e. The molecular formula is C41H26ClN3. The smallest absolute Gasteiger partial charge is 0.208 e. The van der Waals surface area contributed by atoms with Gasteiger partial charge in [-0.15, -0.1) is 0 Å². The predicted octanol–water partition coefficient (Wildman–Crippen LogP) is 11.2. The number of halogens is 1. The van der Waals surface area contributed by atoms with Crippen LogP contribution in [0.4, 0.5) is 0 Å². The summed E-state index contributed by atoms with van der Waals surface area (Å²) in [6.07, 6.45) is 0. The predicted molar refractivity (Wildman–Crippen MR) is 187 cm³/mol. The molecule has 0 bridgehead atoms. The third kappa shape index (κ3) is 5.14. The van der Waals surface area contributed by atoms with E-state index in [-0.39, 0.29) is 35.0 Å². The molecule has 0 aliphatic carbocycles. The summed E-state index contributed by atoms with van der Waals surface area (Å²) in [5.74, 6) is 0.892. The molecule has 0 unspecified atom stereocenters. The van der Waals surface area contributed by atoms with E-state index in [0.29, 0.717) is 17.2 Å². The Hall–Kier alpha value is -5.64. The van der Waals surface area contributed by atoms with Crippen molar-refractivity contribution < 1.29 is 6.85 Å². The van der Waals surface area contributed by atoms with Crippen molar-refractivity contribution in [3.63, 3.8) is 0 Å². The van der Waals surface area contributed by atoms with Crippen molar-refractivity contribution in [2.45, 2.75) is 0 Å². The molecule has 4 heteroatoms. The highest BCUT2D eigenvalue weighted by molar-refractivity contribution is 6.28. The first-order valence-electron chi connectivity index (χ1n) is 17.0. The molecule has 0 fully saturated rings. The first-order valence-corrected chi connectivity index (χ1v) is 14.9. The number of fused-ring (bicyclic) bond motifs is 2. The zero-order valence-electron chi connectivity index (χ0n) is 28.8. The van der Waals surface area contributed by atoms with Crippen LogP contribution in [0.25, 0.3) is 77.7 Å². The Labute approximate surface area is 273 Å². The summed E-state index contributed by atoms with van der Waals surface area (Å²) in [6, 6.07) is 40.4. The summed E-state index contributed by atoms with van der Waals surface area (Å²) in [5.41, 5.74) is 6.33. The molecule has 0 radical (unpaired) electrons. The van der Waals surface area contributed by atoms with Gasteiger partial charge in [-0.05, 0) is 72.6 Å². The van der Waals surface area contributed by atoms with Gasteiger partial charge in [0, 0.05) is 11.1 Å². The molecule has 0 aliphatic heterocycles. The van der Waals surface area contributed by atoms with Crippen LogP contribution < -0.4 is 0 Å². The van der Waals surface area contributed by atoms with Gasteiger partial charge < -0.3 is 0 Å². The van der Waals surface area contributed by atoms with Gasteiger partial charge in [0.25, 0.3) is 0 Å². The van der Waals surface area contributed by atoms with Gasteiger partial charge in [-0.2, -0.15) is 9.97 Å². The van der Waals surface area contributed by atoms with Gasteiger partial charge in [-0.3, -0.25) is 0 Å². The summed E-state index contributed by atoms with van der Waals surface area (Å²) < 4.78 is 41.5. The highest BCUT2D eigenvalue weighted by Crippen LogP contribution is 2.37. The molecule has 1 aromatic heterocycles. The molecular weight excluding hydrogens is 570 g/mol. The number of benzene rings is 7. The number of hydrogen-bond acceptors (Lipinski definition) is 3. The maximum Gasteiger partial charge on any atom is 0.226 e. The van der Waals surface area contributed by atoms with E-state index in [9.17, 15) is 0 Å². The number of rotatable bonds is 5. The number of hydrogen-bond donors (Lipinski definition) is 0. The van der Waals surface area contributed by atoms with Gasteiger partial charge in [0.2, 0.25) is 5.28 Å². The minimum absolute atomic E-state index is 0.0851. The lowest BCUT2D eigenvalue weighted by atomic mass is 9.91. The van der Waals surface area contributed by atoms with Crippen molar-refractivity contribution in [3.05, 3.63) is 163 Å². The zero-order chi connectivity index (χ0) is 34.5. The standard InChI is InChI=1S/C41H26ClN3/c42-41-44-39(30-22-20-29(21-23-30)34-19-9-13-28-12-4-5-16-33(28)34)43-40(45-41)32-15-8-14-31(26-32)36-25-24-35(27-10-2-1-3-11-27)37-17-6-7-18-38(36)37/h1-26H/i1D,2D,3D,10D,11D. The van der Waals surface area contributed by atoms with E-state index >= 15 is 0 Å². The number of aromatic nitrogens is 3. The Morgan fingerprint density at radius 3 is 1.73 bits per heavy atom. The molecule has 0 aliphatic rings. The van der Waals surface area contributed by atoms with E-state index in [4.69, 9.17) is 23.4 Å². The molecule has 0 amide bonds. The van der Waals surface area contributed by atoms with Gasteiger partial charge in [-0.1, -0.05) is 152 Å². The van der Waals surface area contributed by atoms with Crippen LogP contribution in [0, 0.1) is 0 Å². The molecule has 8 aromatic rings. The van der Waals surface area contributed by atoms with Gasteiger partial charge in [0.1, 0.15) is 0 Å². The quantitative estimate of drug-likeness (QED) is 0.197. The van der Waals surface area contributed by atoms with E-state index in [0.717, 1.165) is 44.2 Å². The summed E-state index contributed by atoms with van der Waals surface area (Å²) in [5, 5.41) is 4.09. The van der Waals surface area contributed by atoms with E-state index < -0.39 is 6.04 Å². The van der Waals surface area contributed by atoms with Gasteiger partial charge in [0.15, 0.2) is 11.6 Å². The van der Waals surface area contributed by atoms with Crippen LogP contribution in [0.15, 0.2) is 158 Å².